The first kappa shape index (κ1) is 19.8. The number of rotatable bonds is 9. The van der Waals surface area contributed by atoms with Gasteiger partial charge in [-0.3, -0.25) is 0 Å². The number of hydrogen-bond acceptors (Lipinski definition) is 8. The molecular weight excluding hydrogens is 366 g/mol. The second-order valence-corrected chi connectivity index (χ2v) is 6.14. The zero-order valence-corrected chi connectivity index (χ0v) is 15.8. The SMILES string of the molecule is COC(=O)c1ccc(OCC(O)CNCc2ccc3c(c2)OCO3)c(OC)c1. The highest BCUT2D eigenvalue weighted by atomic mass is 16.7. The Balaban J connectivity index is 1.46. The summed E-state index contributed by atoms with van der Waals surface area (Å²) in [6.07, 6.45) is -0.723. The molecular formula is C20H23NO7. The van der Waals surface area contributed by atoms with Crippen LogP contribution in [0.5, 0.6) is 23.0 Å². The molecule has 0 fully saturated rings. The summed E-state index contributed by atoms with van der Waals surface area (Å²) < 4.78 is 26.2. The van der Waals surface area contributed by atoms with Crippen LogP contribution >= 0.6 is 0 Å². The number of carbonyl (C=O) groups is 1. The molecule has 1 aliphatic heterocycles. The molecule has 0 amide bonds. The molecule has 28 heavy (non-hydrogen) atoms. The smallest absolute Gasteiger partial charge is 0.337 e. The van der Waals surface area contributed by atoms with E-state index in [-0.39, 0.29) is 13.4 Å². The average molecular weight is 389 g/mol. The molecule has 1 unspecified atom stereocenters. The Hall–Kier alpha value is -2.97. The Bertz CT molecular complexity index is 824. The normalized spacial score (nSPS) is 13.1. The molecule has 150 valence electrons. The highest BCUT2D eigenvalue weighted by molar-refractivity contribution is 5.90. The summed E-state index contributed by atoms with van der Waals surface area (Å²) in [5, 5.41) is 13.3. The van der Waals surface area contributed by atoms with Crippen molar-refractivity contribution in [2.75, 3.05) is 34.2 Å². The monoisotopic (exact) mass is 389 g/mol. The molecule has 1 atom stereocenters. The molecule has 1 aliphatic rings. The molecule has 0 spiro atoms. The minimum atomic E-state index is -0.723. The predicted octanol–water partition coefficient (Wildman–Crippen LogP) is 1.74. The van der Waals surface area contributed by atoms with E-state index in [1.165, 1.54) is 20.3 Å². The van der Waals surface area contributed by atoms with Gasteiger partial charge in [0.1, 0.15) is 12.7 Å². The van der Waals surface area contributed by atoms with Crippen LogP contribution in [0, 0.1) is 0 Å². The van der Waals surface area contributed by atoms with Gasteiger partial charge >= 0.3 is 5.97 Å². The standard InChI is InChI=1S/C20H23NO7/c1-24-18-8-14(20(23)25-2)4-6-16(18)26-11-15(22)10-21-9-13-3-5-17-19(7-13)28-12-27-17/h3-8,15,21-22H,9-12H2,1-2H3. The third-order valence-electron chi connectivity index (χ3n) is 4.16. The van der Waals surface area contributed by atoms with E-state index in [0.717, 1.165) is 17.1 Å². The van der Waals surface area contributed by atoms with Gasteiger partial charge in [0.2, 0.25) is 6.79 Å². The summed E-state index contributed by atoms with van der Waals surface area (Å²) >= 11 is 0. The molecule has 2 aromatic carbocycles. The summed E-state index contributed by atoms with van der Waals surface area (Å²) in [5.41, 5.74) is 1.38. The first-order valence-corrected chi connectivity index (χ1v) is 8.77. The zero-order chi connectivity index (χ0) is 19.9. The van der Waals surface area contributed by atoms with Crippen LogP contribution in [0.25, 0.3) is 0 Å². The van der Waals surface area contributed by atoms with E-state index in [4.69, 9.17) is 18.9 Å². The van der Waals surface area contributed by atoms with Crippen LogP contribution in [0.4, 0.5) is 0 Å². The molecule has 0 radical (unpaired) electrons. The van der Waals surface area contributed by atoms with Gasteiger partial charge in [0.05, 0.1) is 19.8 Å². The number of carbonyl (C=O) groups excluding carboxylic acids is 1. The average Bonchev–Trinajstić information content (AvgIpc) is 3.19. The van der Waals surface area contributed by atoms with Crippen LogP contribution in [-0.4, -0.2) is 51.3 Å². The van der Waals surface area contributed by atoms with E-state index in [2.05, 4.69) is 10.1 Å². The quantitative estimate of drug-likeness (QED) is 0.626. The van der Waals surface area contributed by atoms with Gasteiger partial charge in [-0.15, -0.1) is 0 Å². The van der Waals surface area contributed by atoms with Crippen LogP contribution in [0.2, 0.25) is 0 Å². The zero-order valence-electron chi connectivity index (χ0n) is 15.8. The Morgan fingerprint density at radius 2 is 1.96 bits per heavy atom. The lowest BCUT2D eigenvalue weighted by atomic mass is 10.2. The predicted molar refractivity (Wildman–Crippen MR) is 100 cm³/mol. The fourth-order valence-corrected chi connectivity index (χ4v) is 2.71. The van der Waals surface area contributed by atoms with E-state index < -0.39 is 12.1 Å². The molecule has 0 bridgehead atoms. The van der Waals surface area contributed by atoms with Crippen molar-refractivity contribution in [3.05, 3.63) is 47.5 Å². The Kier molecular flexibility index (Phi) is 6.57. The van der Waals surface area contributed by atoms with Crippen molar-refractivity contribution < 1.29 is 33.6 Å². The molecule has 8 nitrogen and oxygen atoms in total. The number of benzene rings is 2. The number of fused-ring (bicyclic) bond motifs is 1. The van der Waals surface area contributed by atoms with E-state index >= 15 is 0 Å². The first-order valence-electron chi connectivity index (χ1n) is 8.77. The lowest BCUT2D eigenvalue weighted by Gasteiger charge is -2.15. The van der Waals surface area contributed by atoms with Crippen molar-refractivity contribution in [2.24, 2.45) is 0 Å². The maximum absolute atomic E-state index is 11.6. The number of nitrogens with one attached hydrogen (secondary N) is 1. The number of hydrogen-bond donors (Lipinski definition) is 2. The second kappa shape index (κ2) is 9.29. The molecule has 1 heterocycles. The molecule has 2 N–H and O–H groups in total. The van der Waals surface area contributed by atoms with Gasteiger partial charge < -0.3 is 34.1 Å². The Labute approximate surface area is 162 Å². The lowest BCUT2D eigenvalue weighted by molar-refractivity contribution is 0.0600. The first-order chi connectivity index (χ1) is 13.6. The van der Waals surface area contributed by atoms with Gasteiger partial charge in [-0.25, -0.2) is 4.79 Å². The Morgan fingerprint density at radius 3 is 2.75 bits per heavy atom. The highest BCUT2D eigenvalue weighted by Crippen LogP contribution is 2.32. The molecule has 0 saturated carbocycles. The third-order valence-corrected chi connectivity index (χ3v) is 4.16. The van der Waals surface area contributed by atoms with E-state index in [9.17, 15) is 9.90 Å². The number of ether oxygens (including phenoxy) is 5. The van der Waals surface area contributed by atoms with Crippen LogP contribution in [0.3, 0.4) is 0 Å². The molecule has 0 aromatic heterocycles. The number of esters is 1. The van der Waals surface area contributed by atoms with E-state index in [1.807, 2.05) is 18.2 Å². The van der Waals surface area contributed by atoms with Crippen LogP contribution in [0.15, 0.2) is 36.4 Å². The topological polar surface area (TPSA) is 95.5 Å². The van der Waals surface area contributed by atoms with Gasteiger partial charge in [-0.1, -0.05) is 6.07 Å². The largest absolute Gasteiger partial charge is 0.493 e. The minimum absolute atomic E-state index is 0.0715. The number of methoxy groups -OCH3 is 2. The van der Waals surface area contributed by atoms with E-state index in [0.29, 0.717) is 30.2 Å². The fraction of sp³-hybridized carbons (Fsp3) is 0.350. The summed E-state index contributed by atoms with van der Waals surface area (Å²) in [6, 6.07) is 10.4. The molecule has 2 aromatic rings. The minimum Gasteiger partial charge on any atom is -0.493 e. The molecule has 0 aliphatic carbocycles. The van der Waals surface area contributed by atoms with Gasteiger partial charge in [-0.2, -0.15) is 0 Å². The van der Waals surface area contributed by atoms with E-state index in [1.54, 1.807) is 12.1 Å². The van der Waals surface area contributed by atoms with Crippen molar-refractivity contribution in [1.29, 1.82) is 0 Å². The van der Waals surface area contributed by atoms with Gasteiger partial charge in [0.25, 0.3) is 0 Å². The van der Waals surface area contributed by atoms with Crippen molar-refractivity contribution in [2.45, 2.75) is 12.6 Å². The van der Waals surface area contributed by atoms with Gasteiger partial charge in [0, 0.05) is 13.1 Å². The molecule has 8 heteroatoms. The van der Waals surface area contributed by atoms with Crippen molar-refractivity contribution in [3.63, 3.8) is 0 Å². The number of aliphatic hydroxyl groups is 1. The van der Waals surface area contributed by atoms with Crippen LogP contribution in [0.1, 0.15) is 15.9 Å². The fourth-order valence-electron chi connectivity index (χ4n) is 2.71. The second-order valence-electron chi connectivity index (χ2n) is 6.14. The maximum atomic E-state index is 11.6. The highest BCUT2D eigenvalue weighted by Gasteiger charge is 2.14. The summed E-state index contributed by atoms with van der Waals surface area (Å²) in [4.78, 5) is 11.6. The lowest BCUT2D eigenvalue weighted by Crippen LogP contribution is -2.31. The summed E-state index contributed by atoms with van der Waals surface area (Å²) in [6.45, 7) is 1.23. The summed E-state index contributed by atoms with van der Waals surface area (Å²) in [5.74, 6) is 1.83. The third kappa shape index (κ3) is 4.85. The van der Waals surface area contributed by atoms with Crippen LogP contribution < -0.4 is 24.3 Å². The number of aliphatic hydroxyl groups excluding tert-OH is 1. The van der Waals surface area contributed by atoms with Crippen molar-refractivity contribution in [1.82, 2.24) is 5.32 Å². The van der Waals surface area contributed by atoms with Gasteiger partial charge in [-0.05, 0) is 35.9 Å². The Morgan fingerprint density at radius 1 is 1.14 bits per heavy atom. The van der Waals surface area contributed by atoms with Crippen LogP contribution in [-0.2, 0) is 11.3 Å². The maximum Gasteiger partial charge on any atom is 0.337 e. The summed E-state index contributed by atoms with van der Waals surface area (Å²) in [7, 11) is 2.79. The van der Waals surface area contributed by atoms with Gasteiger partial charge in [0.15, 0.2) is 23.0 Å². The molecule has 3 rings (SSSR count). The molecule has 0 saturated heterocycles. The van der Waals surface area contributed by atoms with Crippen molar-refractivity contribution >= 4 is 5.97 Å². The van der Waals surface area contributed by atoms with Crippen molar-refractivity contribution in [3.8, 4) is 23.0 Å².